The van der Waals surface area contributed by atoms with Gasteiger partial charge in [0.15, 0.2) is 0 Å². The van der Waals surface area contributed by atoms with E-state index in [0.29, 0.717) is 5.56 Å². The van der Waals surface area contributed by atoms with E-state index in [9.17, 15) is 29.8 Å². The van der Waals surface area contributed by atoms with Crippen molar-refractivity contribution in [2.45, 2.75) is 6.54 Å². The molecule has 3 aromatic rings. The molecule has 0 atom stereocenters. The van der Waals surface area contributed by atoms with Gasteiger partial charge < -0.3 is 4.74 Å². The smallest absolute Gasteiger partial charge is 0.318 e. The van der Waals surface area contributed by atoms with E-state index in [2.05, 4.69) is 15.9 Å². The molecule has 0 saturated carbocycles. The van der Waals surface area contributed by atoms with Crippen molar-refractivity contribution in [1.82, 2.24) is 4.90 Å². The number of thioether (sulfide) groups is 1. The van der Waals surface area contributed by atoms with Gasteiger partial charge in [0, 0.05) is 16.1 Å². The molecule has 12 heteroatoms. The molecule has 1 heterocycles. The average Bonchev–Trinajstić information content (AvgIpc) is 3.07. The van der Waals surface area contributed by atoms with E-state index in [4.69, 9.17) is 4.74 Å². The molecule has 0 aromatic heterocycles. The summed E-state index contributed by atoms with van der Waals surface area (Å²) in [6.45, 7) is 0.106. The number of ether oxygens (including phenoxy) is 1. The SMILES string of the molecule is O=C1S/C(=C/c2ccccc2Oc2ccc([N+](=O)[O-])cc2[N+](=O)[O-])C(=O)N1Cc1cccc(Br)c1. The molecule has 0 bridgehead atoms. The molecular formula is C23H14BrN3O7S. The number of hydrogen-bond acceptors (Lipinski definition) is 8. The number of carbonyl (C=O) groups is 2. The van der Waals surface area contributed by atoms with Gasteiger partial charge >= 0.3 is 5.69 Å². The molecule has 2 amide bonds. The van der Waals surface area contributed by atoms with Crippen LogP contribution in [0.25, 0.3) is 6.08 Å². The molecule has 3 aromatic carbocycles. The van der Waals surface area contributed by atoms with E-state index >= 15 is 0 Å². The van der Waals surface area contributed by atoms with Crippen LogP contribution in [0.1, 0.15) is 11.1 Å². The maximum absolute atomic E-state index is 12.9. The van der Waals surface area contributed by atoms with Crippen LogP contribution in [0.2, 0.25) is 0 Å². The maximum atomic E-state index is 12.9. The number of carbonyl (C=O) groups excluding carboxylic acids is 2. The second kappa shape index (κ2) is 10.1. The number of hydrogen-bond donors (Lipinski definition) is 0. The molecule has 0 N–H and O–H groups in total. The van der Waals surface area contributed by atoms with E-state index in [1.54, 1.807) is 30.3 Å². The number of nitrogens with zero attached hydrogens (tertiary/aromatic N) is 3. The van der Waals surface area contributed by atoms with Gasteiger partial charge in [0.05, 0.1) is 27.4 Å². The van der Waals surface area contributed by atoms with Crippen molar-refractivity contribution in [3.63, 3.8) is 0 Å². The number of nitro groups is 2. The lowest BCUT2D eigenvalue weighted by Crippen LogP contribution is -2.27. The topological polar surface area (TPSA) is 133 Å². The molecule has 1 aliphatic heterocycles. The number of para-hydroxylation sites is 1. The number of rotatable bonds is 7. The molecule has 0 aliphatic carbocycles. The third-order valence-electron chi connectivity index (χ3n) is 4.88. The van der Waals surface area contributed by atoms with E-state index in [1.807, 2.05) is 12.1 Å². The fourth-order valence-corrected chi connectivity index (χ4v) is 4.53. The zero-order valence-corrected chi connectivity index (χ0v) is 20.0. The Morgan fingerprint density at radius 1 is 0.943 bits per heavy atom. The molecule has 1 saturated heterocycles. The van der Waals surface area contributed by atoms with Crippen LogP contribution in [0.5, 0.6) is 11.5 Å². The van der Waals surface area contributed by atoms with Crippen LogP contribution in [0.15, 0.2) is 76.1 Å². The molecule has 176 valence electrons. The molecule has 0 spiro atoms. The number of benzene rings is 3. The summed E-state index contributed by atoms with van der Waals surface area (Å²) in [7, 11) is 0. The second-order valence-corrected chi connectivity index (χ2v) is 9.11. The van der Waals surface area contributed by atoms with E-state index in [-0.39, 0.29) is 22.9 Å². The Morgan fingerprint density at radius 2 is 1.71 bits per heavy atom. The van der Waals surface area contributed by atoms with Gasteiger partial charge in [0.1, 0.15) is 5.75 Å². The van der Waals surface area contributed by atoms with Gasteiger partial charge in [-0.25, -0.2) is 0 Å². The standard InChI is InChI=1S/C23H14BrN3O7S/c24-16-6-3-4-14(10-16)13-25-22(28)21(35-23(25)29)11-15-5-1-2-7-19(15)34-20-9-8-17(26(30)31)12-18(20)27(32)33/h1-12H,13H2/b21-11+. The van der Waals surface area contributed by atoms with Gasteiger partial charge in [-0.05, 0) is 47.7 Å². The monoisotopic (exact) mass is 555 g/mol. The van der Waals surface area contributed by atoms with Gasteiger partial charge in [-0.2, -0.15) is 0 Å². The summed E-state index contributed by atoms with van der Waals surface area (Å²) in [4.78, 5) is 47.6. The summed E-state index contributed by atoms with van der Waals surface area (Å²) in [6, 6.07) is 16.8. The van der Waals surface area contributed by atoms with Crippen LogP contribution in [-0.2, 0) is 11.3 Å². The summed E-state index contributed by atoms with van der Waals surface area (Å²) in [5.74, 6) is -0.511. The molecule has 0 radical (unpaired) electrons. The zero-order valence-electron chi connectivity index (χ0n) is 17.6. The fraction of sp³-hybridized carbons (Fsp3) is 0.0435. The molecule has 35 heavy (non-hydrogen) atoms. The predicted octanol–water partition coefficient (Wildman–Crippen LogP) is 6.29. The van der Waals surface area contributed by atoms with Gasteiger partial charge in [0.25, 0.3) is 16.8 Å². The van der Waals surface area contributed by atoms with Crippen LogP contribution in [0.3, 0.4) is 0 Å². The first kappa shape index (κ1) is 24.1. The first-order chi connectivity index (χ1) is 16.7. The lowest BCUT2D eigenvalue weighted by molar-refractivity contribution is -0.394. The summed E-state index contributed by atoms with van der Waals surface area (Å²) < 4.78 is 6.53. The largest absolute Gasteiger partial charge is 0.449 e. The van der Waals surface area contributed by atoms with E-state index < -0.39 is 32.4 Å². The van der Waals surface area contributed by atoms with E-state index in [1.165, 1.54) is 12.1 Å². The molecular weight excluding hydrogens is 542 g/mol. The second-order valence-electron chi connectivity index (χ2n) is 7.20. The van der Waals surface area contributed by atoms with Crippen molar-refractivity contribution in [3.05, 3.63) is 107 Å². The molecule has 10 nitrogen and oxygen atoms in total. The highest BCUT2D eigenvalue weighted by atomic mass is 79.9. The summed E-state index contributed by atoms with van der Waals surface area (Å²) in [5, 5.41) is 22.0. The normalized spacial score (nSPS) is 14.4. The Balaban J connectivity index is 1.62. The first-order valence-electron chi connectivity index (χ1n) is 9.92. The van der Waals surface area contributed by atoms with Gasteiger partial charge in [-0.1, -0.05) is 46.3 Å². The van der Waals surface area contributed by atoms with Crippen LogP contribution >= 0.6 is 27.7 Å². The number of halogens is 1. The fourth-order valence-electron chi connectivity index (χ4n) is 3.25. The van der Waals surface area contributed by atoms with Crippen molar-refractivity contribution in [2.24, 2.45) is 0 Å². The van der Waals surface area contributed by atoms with Gasteiger partial charge in [-0.3, -0.25) is 34.7 Å². The number of nitro benzene ring substituents is 2. The van der Waals surface area contributed by atoms with Crippen LogP contribution < -0.4 is 4.74 Å². The Bertz CT molecular complexity index is 1410. The van der Waals surface area contributed by atoms with Crippen molar-refractivity contribution in [1.29, 1.82) is 0 Å². The Labute approximate surface area is 210 Å². The van der Waals surface area contributed by atoms with Crippen LogP contribution in [-0.4, -0.2) is 25.9 Å². The summed E-state index contributed by atoms with van der Waals surface area (Å²) >= 11 is 4.14. The molecule has 1 fully saturated rings. The predicted molar refractivity (Wildman–Crippen MR) is 132 cm³/mol. The van der Waals surface area contributed by atoms with Crippen molar-refractivity contribution >= 4 is 56.3 Å². The highest BCUT2D eigenvalue weighted by molar-refractivity contribution is 9.10. The minimum atomic E-state index is -0.780. The maximum Gasteiger partial charge on any atom is 0.318 e. The van der Waals surface area contributed by atoms with Gasteiger partial charge in [0.2, 0.25) is 5.75 Å². The highest BCUT2D eigenvalue weighted by Crippen LogP contribution is 2.38. The zero-order chi connectivity index (χ0) is 25.1. The average molecular weight is 556 g/mol. The Morgan fingerprint density at radius 3 is 2.43 bits per heavy atom. The lowest BCUT2D eigenvalue weighted by atomic mass is 10.1. The third-order valence-corrected chi connectivity index (χ3v) is 6.28. The summed E-state index contributed by atoms with van der Waals surface area (Å²) in [6.07, 6.45) is 1.47. The summed E-state index contributed by atoms with van der Waals surface area (Å²) in [5.41, 5.74) is 0.144. The van der Waals surface area contributed by atoms with Crippen molar-refractivity contribution in [2.75, 3.05) is 0 Å². The first-order valence-corrected chi connectivity index (χ1v) is 11.5. The van der Waals surface area contributed by atoms with Crippen molar-refractivity contribution < 1.29 is 24.2 Å². The Hall–Kier alpha value is -4.03. The molecule has 4 rings (SSSR count). The van der Waals surface area contributed by atoms with Crippen molar-refractivity contribution in [3.8, 4) is 11.5 Å². The Kier molecular flexibility index (Phi) is 6.94. The number of amides is 2. The third kappa shape index (κ3) is 5.39. The van der Waals surface area contributed by atoms with E-state index in [0.717, 1.165) is 44.9 Å². The van der Waals surface area contributed by atoms with Gasteiger partial charge in [-0.15, -0.1) is 0 Å². The minimum absolute atomic E-state index is 0.106. The van der Waals surface area contributed by atoms with Crippen LogP contribution in [0, 0.1) is 20.2 Å². The van der Waals surface area contributed by atoms with Crippen LogP contribution in [0.4, 0.5) is 16.2 Å². The highest BCUT2D eigenvalue weighted by Gasteiger charge is 2.35. The number of imide groups is 1. The number of non-ortho nitro benzene ring substituents is 1. The molecule has 0 unspecified atom stereocenters. The quantitative estimate of drug-likeness (QED) is 0.188. The molecule has 1 aliphatic rings. The lowest BCUT2D eigenvalue weighted by Gasteiger charge is -2.12. The minimum Gasteiger partial charge on any atom is -0.449 e.